The van der Waals surface area contributed by atoms with E-state index in [1.807, 2.05) is 30.3 Å². The first kappa shape index (κ1) is 24.0. The molecule has 0 spiro atoms. The number of aromatic nitrogens is 2. The molecule has 3 aromatic rings. The molecule has 1 unspecified atom stereocenters. The summed E-state index contributed by atoms with van der Waals surface area (Å²) in [7, 11) is 0. The molecule has 8 nitrogen and oxygen atoms in total. The topological polar surface area (TPSA) is 117 Å². The fraction of sp³-hybridized carbons (Fsp3) is 0.308. The van der Waals surface area contributed by atoms with Gasteiger partial charge in [0.05, 0.1) is 11.4 Å². The SMILES string of the molecule is N#Cc1c(CCCNC(=O)C(c2ccccc2)N2CCCCC2=O)nn(-c2ccc(F)cc2)c1N. The number of nitrogens with one attached hydrogen (secondary N) is 1. The predicted molar refractivity (Wildman–Crippen MR) is 129 cm³/mol. The van der Waals surface area contributed by atoms with Gasteiger partial charge in [0.1, 0.15) is 29.3 Å². The van der Waals surface area contributed by atoms with Crippen LogP contribution in [0.5, 0.6) is 0 Å². The molecular weight excluding hydrogens is 447 g/mol. The highest BCUT2D eigenvalue weighted by molar-refractivity contribution is 5.89. The van der Waals surface area contributed by atoms with Crippen LogP contribution >= 0.6 is 0 Å². The van der Waals surface area contributed by atoms with Crippen LogP contribution in [-0.2, 0) is 16.0 Å². The third kappa shape index (κ3) is 5.32. The largest absolute Gasteiger partial charge is 0.382 e. The second-order valence-corrected chi connectivity index (χ2v) is 8.46. The van der Waals surface area contributed by atoms with Gasteiger partial charge in [-0.25, -0.2) is 9.07 Å². The monoisotopic (exact) mass is 474 g/mol. The summed E-state index contributed by atoms with van der Waals surface area (Å²) < 4.78 is 14.7. The molecule has 0 bridgehead atoms. The summed E-state index contributed by atoms with van der Waals surface area (Å²) in [5.74, 6) is -0.439. The van der Waals surface area contributed by atoms with Crippen molar-refractivity contribution in [3.8, 4) is 11.8 Å². The van der Waals surface area contributed by atoms with Gasteiger partial charge in [0, 0.05) is 19.5 Å². The number of nitrogens with two attached hydrogens (primary N) is 1. The Bertz CT molecular complexity index is 1230. The van der Waals surface area contributed by atoms with Crippen molar-refractivity contribution < 1.29 is 14.0 Å². The minimum absolute atomic E-state index is 0.0132. The summed E-state index contributed by atoms with van der Waals surface area (Å²) in [6.45, 7) is 0.899. The molecule has 0 saturated carbocycles. The van der Waals surface area contributed by atoms with Crippen molar-refractivity contribution in [1.82, 2.24) is 20.0 Å². The molecule has 1 atom stereocenters. The van der Waals surface area contributed by atoms with Crippen LogP contribution < -0.4 is 11.1 Å². The van der Waals surface area contributed by atoms with Crippen molar-refractivity contribution >= 4 is 17.6 Å². The fourth-order valence-electron chi connectivity index (χ4n) is 4.33. The fourth-order valence-corrected chi connectivity index (χ4v) is 4.33. The molecule has 2 aromatic carbocycles. The molecule has 1 saturated heterocycles. The van der Waals surface area contributed by atoms with Gasteiger partial charge in [0.15, 0.2) is 0 Å². The number of aryl methyl sites for hydroxylation is 1. The third-order valence-corrected chi connectivity index (χ3v) is 6.10. The van der Waals surface area contributed by atoms with Crippen LogP contribution in [0.4, 0.5) is 10.2 Å². The van der Waals surface area contributed by atoms with Crippen molar-refractivity contribution in [3.05, 3.63) is 77.2 Å². The Kier molecular flexibility index (Phi) is 7.41. The Morgan fingerprint density at radius 3 is 2.60 bits per heavy atom. The molecule has 1 aliphatic rings. The summed E-state index contributed by atoms with van der Waals surface area (Å²) >= 11 is 0. The number of nitrogen functional groups attached to an aromatic ring is 1. The van der Waals surface area contributed by atoms with E-state index in [0.717, 1.165) is 18.4 Å². The number of nitrogens with zero attached hydrogens (tertiary/aromatic N) is 4. The number of carbonyl (C=O) groups is 2. The van der Waals surface area contributed by atoms with Gasteiger partial charge in [0.2, 0.25) is 11.8 Å². The highest BCUT2D eigenvalue weighted by atomic mass is 19.1. The normalized spacial score (nSPS) is 14.4. The zero-order chi connectivity index (χ0) is 24.8. The summed E-state index contributed by atoms with van der Waals surface area (Å²) in [6, 6.07) is 16.4. The van der Waals surface area contributed by atoms with E-state index in [4.69, 9.17) is 5.73 Å². The van der Waals surface area contributed by atoms with Gasteiger partial charge >= 0.3 is 0 Å². The molecule has 3 N–H and O–H groups in total. The number of likely N-dealkylation sites (tertiary alicyclic amines) is 1. The van der Waals surface area contributed by atoms with Crippen molar-refractivity contribution in [2.45, 2.75) is 38.1 Å². The second-order valence-electron chi connectivity index (χ2n) is 8.46. The van der Waals surface area contributed by atoms with E-state index in [9.17, 15) is 19.2 Å². The van der Waals surface area contributed by atoms with Crippen LogP contribution in [-0.4, -0.2) is 39.6 Å². The highest BCUT2D eigenvalue weighted by Crippen LogP contribution is 2.26. The average Bonchev–Trinajstić information content (AvgIpc) is 3.19. The Morgan fingerprint density at radius 2 is 1.91 bits per heavy atom. The van der Waals surface area contributed by atoms with Gasteiger partial charge in [0.25, 0.3) is 0 Å². The summed E-state index contributed by atoms with van der Waals surface area (Å²) in [6.07, 6.45) is 3.10. The van der Waals surface area contributed by atoms with Gasteiger partial charge in [-0.3, -0.25) is 9.59 Å². The lowest BCUT2D eigenvalue weighted by Crippen LogP contribution is -2.46. The maximum absolute atomic E-state index is 13.3. The molecule has 4 rings (SSSR count). The standard InChI is InChI=1S/C26H27FN6O2/c27-19-11-13-20(14-12-19)33-25(29)21(17-28)22(31-33)9-6-15-30-26(35)24(18-7-2-1-3-8-18)32-16-5-4-10-23(32)34/h1-3,7-8,11-14,24H,4-6,9-10,15-16,29H2,(H,30,35). The van der Waals surface area contributed by atoms with Gasteiger partial charge in [-0.05, 0) is 55.5 Å². The molecule has 35 heavy (non-hydrogen) atoms. The Morgan fingerprint density at radius 1 is 1.17 bits per heavy atom. The second kappa shape index (κ2) is 10.8. The quantitative estimate of drug-likeness (QED) is 0.486. The van der Waals surface area contributed by atoms with Crippen LogP contribution in [0, 0.1) is 17.1 Å². The Labute approximate surface area is 203 Å². The number of rotatable bonds is 8. The molecular formula is C26H27FN6O2. The summed E-state index contributed by atoms with van der Waals surface area (Å²) in [5.41, 5.74) is 8.22. The number of anilines is 1. The van der Waals surface area contributed by atoms with E-state index in [1.54, 1.807) is 4.90 Å². The van der Waals surface area contributed by atoms with Crippen molar-refractivity contribution in [1.29, 1.82) is 5.26 Å². The maximum atomic E-state index is 13.3. The van der Waals surface area contributed by atoms with Crippen molar-refractivity contribution in [3.63, 3.8) is 0 Å². The number of halogens is 1. The third-order valence-electron chi connectivity index (χ3n) is 6.10. The first-order chi connectivity index (χ1) is 17.0. The van der Waals surface area contributed by atoms with Crippen molar-refractivity contribution in [2.75, 3.05) is 18.8 Å². The van der Waals surface area contributed by atoms with Gasteiger partial charge in [-0.15, -0.1) is 0 Å². The van der Waals surface area contributed by atoms with E-state index < -0.39 is 6.04 Å². The molecule has 0 aliphatic carbocycles. The smallest absolute Gasteiger partial charge is 0.247 e. The van der Waals surface area contributed by atoms with E-state index in [-0.39, 0.29) is 29.0 Å². The number of nitriles is 1. The zero-order valence-electron chi connectivity index (χ0n) is 19.3. The molecule has 2 heterocycles. The number of hydrogen-bond acceptors (Lipinski definition) is 5. The van der Waals surface area contributed by atoms with E-state index in [0.29, 0.717) is 43.7 Å². The molecule has 1 fully saturated rings. The van der Waals surface area contributed by atoms with E-state index >= 15 is 0 Å². The van der Waals surface area contributed by atoms with Crippen LogP contribution in [0.25, 0.3) is 5.69 Å². The molecule has 0 radical (unpaired) electrons. The number of amides is 2. The van der Waals surface area contributed by atoms with Gasteiger partial charge in [-0.1, -0.05) is 30.3 Å². The number of benzene rings is 2. The predicted octanol–water partition coefficient (Wildman–Crippen LogP) is 3.27. The maximum Gasteiger partial charge on any atom is 0.247 e. The molecule has 180 valence electrons. The minimum Gasteiger partial charge on any atom is -0.382 e. The molecule has 1 aromatic heterocycles. The number of carbonyl (C=O) groups excluding carboxylic acids is 2. The summed E-state index contributed by atoms with van der Waals surface area (Å²) in [5, 5.41) is 17.0. The molecule has 9 heteroatoms. The zero-order valence-corrected chi connectivity index (χ0v) is 19.3. The summed E-state index contributed by atoms with van der Waals surface area (Å²) in [4.78, 5) is 27.4. The lowest BCUT2D eigenvalue weighted by Gasteiger charge is -2.34. The van der Waals surface area contributed by atoms with Crippen LogP contribution in [0.15, 0.2) is 54.6 Å². The van der Waals surface area contributed by atoms with Crippen molar-refractivity contribution in [2.24, 2.45) is 0 Å². The van der Waals surface area contributed by atoms with Crippen LogP contribution in [0.2, 0.25) is 0 Å². The van der Waals surface area contributed by atoms with Crippen LogP contribution in [0.3, 0.4) is 0 Å². The minimum atomic E-state index is -0.674. The average molecular weight is 475 g/mol. The van der Waals surface area contributed by atoms with E-state index in [2.05, 4.69) is 16.5 Å². The number of piperidine rings is 1. The molecule has 1 aliphatic heterocycles. The first-order valence-electron chi connectivity index (χ1n) is 11.6. The van der Waals surface area contributed by atoms with Crippen LogP contribution in [0.1, 0.15) is 48.5 Å². The van der Waals surface area contributed by atoms with E-state index in [1.165, 1.54) is 28.9 Å². The van der Waals surface area contributed by atoms with Gasteiger partial charge < -0.3 is 16.0 Å². The molecule has 2 amide bonds. The lowest BCUT2D eigenvalue weighted by atomic mass is 10.0. The Hall–Kier alpha value is -4.19. The number of hydrogen-bond donors (Lipinski definition) is 2. The van der Waals surface area contributed by atoms with Gasteiger partial charge in [-0.2, -0.15) is 10.4 Å². The highest BCUT2D eigenvalue weighted by Gasteiger charge is 2.32. The first-order valence-corrected chi connectivity index (χ1v) is 11.6. The Balaban J connectivity index is 1.42. The lowest BCUT2D eigenvalue weighted by molar-refractivity contribution is -0.142.